The van der Waals surface area contributed by atoms with Crippen LogP contribution in [0.1, 0.15) is 57.5 Å². The zero-order valence-corrected chi connectivity index (χ0v) is 17.1. The van der Waals surface area contributed by atoms with Crippen molar-refractivity contribution in [2.45, 2.75) is 65.3 Å². The number of rotatable bonds is 6. The van der Waals surface area contributed by atoms with E-state index in [2.05, 4.69) is 23.2 Å². The summed E-state index contributed by atoms with van der Waals surface area (Å²) in [6.07, 6.45) is 5.23. The van der Waals surface area contributed by atoms with Crippen LogP contribution in [-0.2, 0) is 16.0 Å². The molecule has 1 atom stereocenters. The average Bonchev–Trinajstić information content (AvgIpc) is 2.92. The highest BCUT2D eigenvalue weighted by Gasteiger charge is 2.21. The van der Waals surface area contributed by atoms with Crippen molar-refractivity contribution in [3.05, 3.63) is 17.5 Å². The molecule has 0 spiro atoms. The van der Waals surface area contributed by atoms with Gasteiger partial charge in [-0.1, -0.05) is 0 Å². The average molecular weight is 367 g/mol. The Kier molecular flexibility index (Phi) is 7.06. The maximum absolute atomic E-state index is 12.0. The van der Waals surface area contributed by atoms with Gasteiger partial charge in [-0.2, -0.15) is 5.10 Å². The lowest BCUT2D eigenvalue weighted by molar-refractivity contribution is -0.0396. The molecule has 1 unspecified atom stereocenters. The molecule has 148 valence electrons. The van der Waals surface area contributed by atoms with Crippen LogP contribution in [0.15, 0.2) is 6.20 Å². The Morgan fingerprint density at radius 2 is 2.08 bits per heavy atom. The predicted octanol–water partition coefficient (Wildman–Crippen LogP) is 3.19. The van der Waals surface area contributed by atoms with E-state index in [0.717, 1.165) is 38.2 Å². The van der Waals surface area contributed by atoms with Gasteiger partial charge in [-0.3, -0.25) is 0 Å². The minimum absolute atomic E-state index is 0.0693. The van der Waals surface area contributed by atoms with Crippen molar-refractivity contribution in [1.82, 2.24) is 19.6 Å². The molecule has 0 radical (unpaired) electrons. The van der Waals surface area contributed by atoms with Crippen LogP contribution in [0, 0.1) is 6.92 Å². The first-order chi connectivity index (χ1) is 12.2. The van der Waals surface area contributed by atoms with Crippen molar-refractivity contribution >= 4 is 6.09 Å². The minimum atomic E-state index is -0.468. The molecule has 0 saturated carbocycles. The molecule has 1 fully saturated rings. The Morgan fingerprint density at radius 3 is 2.69 bits per heavy atom. The van der Waals surface area contributed by atoms with Gasteiger partial charge in [0.2, 0.25) is 0 Å². The summed E-state index contributed by atoms with van der Waals surface area (Å²) in [5, 5.41) is 4.63. The van der Waals surface area contributed by atoms with E-state index >= 15 is 0 Å². The Bertz CT molecular complexity index is 588. The number of hydrogen-bond donors (Lipinski definition) is 0. The fraction of sp³-hybridized carbons (Fsp3) is 0.789. The summed E-state index contributed by atoms with van der Waals surface area (Å²) in [5.41, 5.74) is 1.76. The molecule has 1 aromatic rings. The van der Waals surface area contributed by atoms with Crippen molar-refractivity contribution in [3.8, 4) is 0 Å². The molecule has 2 rings (SSSR count). The first-order valence-electron chi connectivity index (χ1n) is 9.44. The van der Waals surface area contributed by atoms with Gasteiger partial charge in [0, 0.05) is 45.0 Å². The van der Waals surface area contributed by atoms with Gasteiger partial charge in [-0.25, -0.2) is 9.48 Å². The topological polar surface area (TPSA) is 59.8 Å². The maximum atomic E-state index is 12.0. The fourth-order valence-electron chi connectivity index (χ4n) is 2.88. The van der Waals surface area contributed by atoms with E-state index < -0.39 is 5.60 Å². The van der Waals surface area contributed by atoms with E-state index in [1.807, 2.05) is 32.4 Å². The fourth-order valence-corrected chi connectivity index (χ4v) is 2.88. The van der Waals surface area contributed by atoms with E-state index in [1.165, 1.54) is 12.0 Å². The minimum Gasteiger partial charge on any atom is -0.444 e. The predicted molar refractivity (Wildman–Crippen MR) is 101 cm³/mol. The molecular weight excluding hydrogens is 332 g/mol. The summed E-state index contributed by atoms with van der Waals surface area (Å²) in [5.74, 6) is 0. The summed E-state index contributed by atoms with van der Waals surface area (Å²) in [6.45, 7) is 10.7. The van der Waals surface area contributed by atoms with Crippen molar-refractivity contribution in [2.24, 2.45) is 0 Å². The Balaban J connectivity index is 1.83. The summed E-state index contributed by atoms with van der Waals surface area (Å²) in [4.78, 5) is 15.8. The van der Waals surface area contributed by atoms with Gasteiger partial charge >= 0.3 is 6.09 Å². The molecule has 1 aromatic heterocycles. The van der Waals surface area contributed by atoms with Gasteiger partial charge in [0.05, 0.1) is 5.69 Å². The normalized spacial score (nSPS) is 18.2. The highest BCUT2D eigenvalue weighted by atomic mass is 16.6. The van der Waals surface area contributed by atoms with E-state index in [1.54, 1.807) is 11.9 Å². The van der Waals surface area contributed by atoms with Gasteiger partial charge in [0.1, 0.15) is 11.8 Å². The standard InChI is InChI=1S/C19H34N4O3/c1-15-16(14-23(20-15)17-9-7-8-12-25-17)13-21(5)10-11-22(6)18(24)26-19(2,3)4/h14,17H,7-13H2,1-6H3. The van der Waals surface area contributed by atoms with Crippen LogP contribution in [0.2, 0.25) is 0 Å². The lowest BCUT2D eigenvalue weighted by atomic mass is 10.2. The molecule has 0 aliphatic carbocycles. The number of aryl methyl sites for hydroxylation is 1. The second kappa shape index (κ2) is 8.86. The molecule has 7 heteroatoms. The van der Waals surface area contributed by atoms with Crippen LogP contribution in [0.5, 0.6) is 0 Å². The quantitative estimate of drug-likeness (QED) is 0.774. The van der Waals surface area contributed by atoms with Crippen LogP contribution >= 0.6 is 0 Å². The Morgan fingerprint density at radius 1 is 1.35 bits per heavy atom. The number of aromatic nitrogens is 2. The first kappa shape index (κ1) is 20.7. The first-order valence-corrected chi connectivity index (χ1v) is 9.44. The molecule has 1 aliphatic rings. The number of ether oxygens (including phenoxy) is 2. The van der Waals surface area contributed by atoms with E-state index in [-0.39, 0.29) is 12.3 Å². The van der Waals surface area contributed by atoms with Crippen molar-refractivity contribution in [3.63, 3.8) is 0 Å². The third-order valence-corrected chi connectivity index (χ3v) is 4.43. The van der Waals surface area contributed by atoms with Crippen LogP contribution < -0.4 is 0 Å². The number of amides is 1. The highest BCUT2D eigenvalue weighted by Crippen LogP contribution is 2.23. The van der Waals surface area contributed by atoms with Gasteiger partial charge in [-0.15, -0.1) is 0 Å². The lowest BCUT2D eigenvalue weighted by Crippen LogP contribution is -2.38. The molecule has 1 saturated heterocycles. The van der Waals surface area contributed by atoms with Crippen molar-refractivity contribution in [1.29, 1.82) is 0 Å². The summed E-state index contributed by atoms with van der Waals surface area (Å²) >= 11 is 0. The second-order valence-electron chi connectivity index (χ2n) is 8.18. The number of carbonyl (C=O) groups is 1. The van der Waals surface area contributed by atoms with Crippen LogP contribution in [-0.4, -0.2) is 65.1 Å². The summed E-state index contributed by atoms with van der Waals surface area (Å²) < 4.78 is 13.2. The Hall–Kier alpha value is -1.60. The summed E-state index contributed by atoms with van der Waals surface area (Å²) in [6, 6.07) is 0. The Labute approximate surface area is 157 Å². The zero-order chi connectivity index (χ0) is 19.3. The van der Waals surface area contributed by atoms with Crippen molar-refractivity contribution < 1.29 is 14.3 Å². The summed E-state index contributed by atoms with van der Waals surface area (Å²) in [7, 11) is 3.82. The number of nitrogens with zero attached hydrogens (tertiary/aromatic N) is 4. The second-order valence-corrected chi connectivity index (χ2v) is 8.18. The molecule has 26 heavy (non-hydrogen) atoms. The molecule has 0 aromatic carbocycles. The van der Waals surface area contributed by atoms with Gasteiger partial charge in [0.15, 0.2) is 0 Å². The molecule has 1 amide bonds. The van der Waals surface area contributed by atoms with Crippen molar-refractivity contribution in [2.75, 3.05) is 33.8 Å². The van der Waals surface area contributed by atoms with E-state index in [0.29, 0.717) is 6.54 Å². The van der Waals surface area contributed by atoms with Gasteiger partial charge < -0.3 is 19.3 Å². The molecule has 0 N–H and O–H groups in total. The van der Waals surface area contributed by atoms with Crippen LogP contribution in [0.3, 0.4) is 0 Å². The van der Waals surface area contributed by atoms with Gasteiger partial charge in [-0.05, 0) is 54.0 Å². The highest BCUT2D eigenvalue weighted by molar-refractivity contribution is 5.67. The smallest absolute Gasteiger partial charge is 0.410 e. The molecule has 7 nitrogen and oxygen atoms in total. The number of hydrogen-bond acceptors (Lipinski definition) is 5. The third kappa shape index (κ3) is 6.29. The molecule has 2 heterocycles. The SMILES string of the molecule is Cc1nn(C2CCCCO2)cc1CN(C)CCN(C)C(=O)OC(C)(C)C. The van der Waals surface area contributed by atoms with Gasteiger partial charge in [0.25, 0.3) is 0 Å². The molecule has 0 bridgehead atoms. The lowest BCUT2D eigenvalue weighted by Gasteiger charge is -2.26. The van der Waals surface area contributed by atoms with E-state index in [9.17, 15) is 4.79 Å². The third-order valence-electron chi connectivity index (χ3n) is 4.43. The zero-order valence-electron chi connectivity index (χ0n) is 17.1. The molecule has 1 aliphatic heterocycles. The number of carbonyl (C=O) groups excluding carboxylic acids is 1. The maximum Gasteiger partial charge on any atom is 0.410 e. The molecular formula is C19H34N4O3. The van der Waals surface area contributed by atoms with E-state index in [4.69, 9.17) is 9.47 Å². The monoisotopic (exact) mass is 366 g/mol. The van der Waals surface area contributed by atoms with Crippen LogP contribution in [0.25, 0.3) is 0 Å². The number of likely N-dealkylation sites (N-methyl/N-ethyl adjacent to an activating group) is 2. The largest absolute Gasteiger partial charge is 0.444 e. The van der Waals surface area contributed by atoms with Crippen LogP contribution in [0.4, 0.5) is 4.79 Å².